The van der Waals surface area contributed by atoms with Crippen LogP contribution in [-0.4, -0.2) is 18.7 Å². The van der Waals surface area contributed by atoms with Crippen molar-refractivity contribution in [3.05, 3.63) is 28.3 Å². The van der Waals surface area contributed by atoms with Crippen LogP contribution in [-0.2, 0) is 4.79 Å². The largest absolute Gasteiger partial charge is 0.496 e. The molecule has 1 rings (SSSR count). The van der Waals surface area contributed by atoms with Gasteiger partial charge in [0.05, 0.1) is 12.7 Å². The molecule has 18 heavy (non-hydrogen) atoms. The van der Waals surface area contributed by atoms with Crippen LogP contribution in [0.25, 0.3) is 0 Å². The number of methoxy groups -OCH3 is 1. The molecule has 0 bridgehead atoms. The Hall–Kier alpha value is -1.64. The third-order valence-electron chi connectivity index (χ3n) is 3.17. The van der Waals surface area contributed by atoms with Gasteiger partial charge in [-0.15, -0.1) is 0 Å². The summed E-state index contributed by atoms with van der Waals surface area (Å²) in [6.45, 7) is 7.33. The topological polar surface area (TPSA) is 43.4 Å². The highest BCUT2D eigenvalue weighted by Crippen LogP contribution is 2.30. The van der Waals surface area contributed by atoms with Crippen LogP contribution < -0.4 is 4.74 Å². The number of rotatable bonds is 5. The van der Waals surface area contributed by atoms with Gasteiger partial charge >= 0.3 is 0 Å². The molecule has 0 amide bonds. The lowest BCUT2D eigenvalue weighted by Gasteiger charge is -2.15. The van der Waals surface area contributed by atoms with Crippen LogP contribution in [0.3, 0.4) is 0 Å². The highest BCUT2D eigenvalue weighted by Gasteiger charge is 2.18. The maximum atomic E-state index is 12.2. The quantitative estimate of drug-likeness (QED) is 0.752. The third-order valence-corrected chi connectivity index (χ3v) is 3.17. The second-order valence-corrected chi connectivity index (χ2v) is 4.67. The predicted molar refractivity (Wildman–Crippen MR) is 71.5 cm³/mol. The molecule has 0 unspecified atom stereocenters. The van der Waals surface area contributed by atoms with Crippen molar-refractivity contribution in [2.24, 2.45) is 0 Å². The first kappa shape index (κ1) is 14.4. The monoisotopic (exact) mass is 248 g/mol. The van der Waals surface area contributed by atoms with Gasteiger partial charge in [0, 0.05) is 12.8 Å². The molecule has 3 heteroatoms. The smallest absolute Gasteiger partial charge is 0.167 e. The van der Waals surface area contributed by atoms with E-state index in [1.165, 1.54) is 6.92 Å². The molecular weight excluding hydrogens is 228 g/mol. The Balaban J connectivity index is 3.18. The van der Waals surface area contributed by atoms with E-state index >= 15 is 0 Å². The molecule has 0 N–H and O–H groups in total. The number of carbonyl (C=O) groups excluding carboxylic acids is 2. The molecule has 0 aliphatic carbocycles. The Morgan fingerprint density at radius 2 is 1.72 bits per heavy atom. The van der Waals surface area contributed by atoms with E-state index in [2.05, 4.69) is 0 Å². The number of Topliss-reactive ketones (excluding diaryl/α,β-unsaturated/α-hetero) is 2. The highest BCUT2D eigenvalue weighted by molar-refractivity contribution is 6.02. The lowest BCUT2D eigenvalue weighted by atomic mass is 9.94. The number of benzene rings is 1. The van der Waals surface area contributed by atoms with Crippen molar-refractivity contribution in [1.82, 2.24) is 0 Å². The minimum atomic E-state index is -0.0253. The lowest BCUT2D eigenvalue weighted by Crippen LogP contribution is -2.08. The van der Waals surface area contributed by atoms with E-state index in [0.717, 1.165) is 16.7 Å². The minimum Gasteiger partial charge on any atom is -0.496 e. The summed E-state index contributed by atoms with van der Waals surface area (Å²) in [5.74, 6) is 0.646. The number of aryl methyl sites for hydroxylation is 2. The van der Waals surface area contributed by atoms with Gasteiger partial charge in [0.25, 0.3) is 0 Å². The van der Waals surface area contributed by atoms with Crippen LogP contribution in [0, 0.1) is 20.8 Å². The molecule has 0 aromatic heterocycles. The average Bonchev–Trinajstić information content (AvgIpc) is 2.30. The molecule has 0 saturated carbocycles. The summed E-state index contributed by atoms with van der Waals surface area (Å²) in [6, 6.07) is 1.98. The molecule has 0 fully saturated rings. The van der Waals surface area contributed by atoms with Crippen LogP contribution in [0.4, 0.5) is 0 Å². The van der Waals surface area contributed by atoms with Crippen molar-refractivity contribution in [3.63, 3.8) is 0 Å². The summed E-state index contributed by atoms with van der Waals surface area (Å²) in [5.41, 5.74) is 3.60. The summed E-state index contributed by atoms with van der Waals surface area (Å²) >= 11 is 0. The SMILES string of the molecule is COc1c(C)c(C)cc(C)c1C(=O)CCC(C)=O. The molecule has 0 saturated heterocycles. The molecule has 0 aliphatic heterocycles. The minimum absolute atomic E-state index is 0.0253. The van der Waals surface area contributed by atoms with Crippen molar-refractivity contribution in [3.8, 4) is 5.75 Å². The van der Waals surface area contributed by atoms with Gasteiger partial charge in [-0.05, 0) is 44.4 Å². The number of ether oxygens (including phenoxy) is 1. The van der Waals surface area contributed by atoms with Gasteiger partial charge in [-0.1, -0.05) is 6.07 Å². The number of ketones is 2. The van der Waals surface area contributed by atoms with Gasteiger partial charge in [0.15, 0.2) is 5.78 Å². The fourth-order valence-electron chi connectivity index (χ4n) is 2.07. The maximum Gasteiger partial charge on any atom is 0.167 e. The van der Waals surface area contributed by atoms with Crippen molar-refractivity contribution >= 4 is 11.6 Å². The summed E-state index contributed by atoms with van der Waals surface area (Å²) in [6.07, 6.45) is 0.531. The van der Waals surface area contributed by atoms with Gasteiger partial charge in [-0.25, -0.2) is 0 Å². The second-order valence-electron chi connectivity index (χ2n) is 4.67. The summed E-state index contributed by atoms with van der Waals surface area (Å²) in [5, 5.41) is 0. The van der Waals surface area contributed by atoms with Crippen LogP contribution in [0.15, 0.2) is 6.07 Å². The Morgan fingerprint density at radius 3 is 2.22 bits per heavy atom. The number of hydrogen-bond donors (Lipinski definition) is 0. The molecule has 98 valence electrons. The third kappa shape index (κ3) is 2.97. The first-order valence-electron chi connectivity index (χ1n) is 6.06. The van der Waals surface area contributed by atoms with Crippen molar-refractivity contribution in [1.29, 1.82) is 0 Å². The van der Waals surface area contributed by atoms with E-state index in [0.29, 0.717) is 11.3 Å². The zero-order valence-corrected chi connectivity index (χ0v) is 11.7. The molecule has 0 spiro atoms. The van der Waals surface area contributed by atoms with Gasteiger partial charge in [-0.2, -0.15) is 0 Å². The molecule has 1 aromatic carbocycles. The fourth-order valence-corrected chi connectivity index (χ4v) is 2.07. The van der Waals surface area contributed by atoms with E-state index in [1.807, 2.05) is 26.8 Å². The second kappa shape index (κ2) is 5.80. The Kier molecular flexibility index (Phi) is 4.65. The molecule has 0 atom stereocenters. The van der Waals surface area contributed by atoms with E-state index < -0.39 is 0 Å². The summed E-state index contributed by atoms with van der Waals surface area (Å²) in [4.78, 5) is 23.1. The first-order valence-corrected chi connectivity index (χ1v) is 6.06. The molecular formula is C15H20O3. The van der Waals surface area contributed by atoms with E-state index in [1.54, 1.807) is 7.11 Å². The van der Waals surface area contributed by atoms with Crippen LogP contribution in [0.2, 0.25) is 0 Å². The van der Waals surface area contributed by atoms with Gasteiger partial charge in [0.2, 0.25) is 0 Å². The zero-order valence-electron chi connectivity index (χ0n) is 11.7. The normalized spacial score (nSPS) is 10.3. The van der Waals surface area contributed by atoms with Crippen LogP contribution in [0.1, 0.15) is 46.8 Å². The van der Waals surface area contributed by atoms with Crippen LogP contribution in [0.5, 0.6) is 5.75 Å². The van der Waals surface area contributed by atoms with Crippen LogP contribution >= 0.6 is 0 Å². The molecule has 0 radical (unpaired) electrons. The maximum absolute atomic E-state index is 12.2. The van der Waals surface area contributed by atoms with E-state index in [4.69, 9.17) is 4.74 Å². The summed E-state index contributed by atoms with van der Waals surface area (Å²) < 4.78 is 5.36. The number of carbonyl (C=O) groups is 2. The fraction of sp³-hybridized carbons (Fsp3) is 0.467. The zero-order chi connectivity index (χ0) is 13.9. The predicted octanol–water partition coefficient (Wildman–Crippen LogP) is 3.17. The van der Waals surface area contributed by atoms with Gasteiger partial charge in [-0.3, -0.25) is 4.79 Å². The highest BCUT2D eigenvalue weighted by atomic mass is 16.5. The lowest BCUT2D eigenvalue weighted by molar-refractivity contribution is -0.116. The molecule has 0 heterocycles. The van der Waals surface area contributed by atoms with Crippen molar-refractivity contribution in [2.45, 2.75) is 40.5 Å². The Morgan fingerprint density at radius 1 is 1.11 bits per heavy atom. The van der Waals surface area contributed by atoms with Crippen molar-refractivity contribution in [2.75, 3.05) is 7.11 Å². The molecule has 0 aliphatic rings. The molecule has 1 aromatic rings. The average molecular weight is 248 g/mol. The van der Waals surface area contributed by atoms with E-state index in [-0.39, 0.29) is 24.4 Å². The standard InChI is InChI=1S/C15H20O3/c1-9-8-10(2)14(15(18-5)12(9)4)13(17)7-6-11(3)16/h8H,6-7H2,1-5H3. The number of hydrogen-bond acceptors (Lipinski definition) is 3. The van der Waals surface area contributed by atoms with Crippen molar-refractivity contribution < 1.29 is 14.3 Å². The summed E-state index contributed by atoms with van der Waals surface area (Å²) in [7, 11) is 1.57. The first-order chi connectivity index (χ1) is 8.38. The Labute approximate surface area is 108 Å². The molecule has 3 nitrogen and oxygen atoms in total. The van der Waals surface area contributed by atoms with Gasteiger partial charge in [0.1, 0.15) is 11.5 Å². The van der Waals surface area contributed by atoms with E-state index in [9.17, 15) is 9.59 Å². The van der Waals surface area contributed by atoms with Gasteiger partial charge < -0.3 is 9.53 Å². The Bertz CT molecular complexity index is 487.